The number of aliphatic hydroxyl groups is 1. The summed E-state index contributed by atoms with van der Waals surface area (Å²) in [5.74, 6) is -1.27. The number of carbonyl (C=O) groups excluding carboxylic acids is 1. The van der Waals surface area contributed by atoms with Crippen molar-refractivity contribution in [2.24, 2.45) is 11.1 Å². The largest absolute Gasteiger partial charge is 0.434 e. The monoisotopic (exact) mass is 644 g/mol. The van der Waals surface area contributed by atoms with Crippen LogP contribution in [0.2, 0.25) is 5.02 Å². The molecule has 1 heterocycles. The van der Waals surface area contributed by atoms with Gasteiger partial charge in [-0.3, -0.25) is 9.48 Å². The number of carbonyl (C=O) groups is 1. The molecule has 0 spiro atoms. The smallest absolute Gasteiger partial charge is 0.394 e. The van der Waals surface area contributed by atoms with Crippen LogP contribution in [0.25, 0.3) is 11.3 Å². The normalized spacial score (nSPS) is 21.9. The molecule has 3 rings (SSSR count). The van der Waals surface area contributed by atoms with Gasteiger partial charge in [0, 0.05) is 31.0 Å². The summed E-state index contributed by atoms with van der Waals surface area (Å²) in [6.07, 6.45) is -3.80. The number of alkyl halides is 5. The van der Waals surface area contributed by atoms with Crippen LogP contribution >= 0.6 is 11.6 Å². The zero-order chi connectivity index (χ0) is 31.8. The predicted octanol–water partition coefficient (Wildman–Crippen LogP) is 4.34. The summed E-state index contributed by atoms with van der Waals surface area (Å²) in [5, 5.41) is 16.7. The number of halogens is 6. The van der Waals surface area contributed by atoms with Gasteiger partial charge in [-0.05, 0) is 50.3 Å². The van der Waals surface area contributed by atoms with Crippen LogP contribution in [0.4, 0.5) is 22.0 Å². The van der Waals surface area contributed by atoms with Gasteiger partial charge in [0.05, 0.1) is 27.0 Å². The van der Waals surface area contributed by atoms with Gasteiger partial charge in [-0.25, -0.2) is 8.42 Å². The van der Waals surface area contributed by atoms with Gasteiger partial charge in [-0.2, -0.15) is 27.1 Å². The van der Waals surface area contributed by atoms with E-state index in [0.29, 0.717) is 0 Å². The number of benzene rings is 1. The molecule has 1 aliphatic carbocycles. The first-order chi connectivity index (χ1) is 19.2. The number of ether oxygens (including phenoxy) is 1. The minimum absolute atomic E-state index is 0.00360. The Kier molecular flexibility index (Phi) is 9.92. The van der Waals surface area contributed by atoms with Crippen LogP contribution in [0.1, 0.15) is 56.1 Å². The van der Waals surface area contributed by atoms with E-state index in [4.69, 9.17) is 17.3 Å². The molecule has 2 aromatic rings. The maximum Gasteiger partial charge on any atom is 0.394 e. The molecule has 0 bridgehead atoms. The van der Waals surface area contributed by atoms with Crippen LogP contribution in [0.5, 0.6) is 5.75 Å². The Bertz CT molecular complexity index is 1420. The summed E-state index contributed by atoms with van der Waals surface area (Å²) in [5.41, 5.74) is 2.09. The van der Waals surface area contributed by atoms with Crippen molar-refractivity contribution >= 4 is 27.3 Å². The van der Waals surface area contributed by atoms with Crippen molar-refractivity contribution in [3.05, 3.63) is 34.5 Å². The highest BCUT2D eigenvalue weighted by Crippen LogP contribution is 2.43. The third-order valence-corrected chi connectivity index (χ3v) is 9.60. The van der Waals surface area contributed by atoms with E-state index >= 15 is 0 Å². The lowest BCUT2D eigenvalue weighted by Crippen LogP contribution is -2.59. The molecule has 3 atom stereocenters. The van der Waals surface area contributed by atoms with Crippen molar-refractivity contribution in [3.63, 3.8) is 0 Å². The molecule has 1 amide bonds. The summed E-state index contributed by atoms with van der Waals surface area (Å²) >= 11 is 6.52. The van der Waals surface area contributed by atoms with Crippen LogP contribution in [-0.2, 0) is 22.8 Å². The Hall–Kier alpha value is -2.49. The molecule has 3 unspecified atom stereocenters. The van der Waals surface area contributed by atoms with Crippen molar-refractivity contribution in [3.8, 4) is 17.0 Å². The number of rotatable bonds is 10. The lowest BCUT2D eigenvalue weighted by atomic mass is 9.80. The number of aryl methyl sites for hydroxylation is 1. The highest BCUT2D eigenvalue weighted by molar-refractivity contribution is 7.91. The second kappa shape index (κ2) is 12.2. The Labute approximate surface area is 245 Å². The summed E-state index contributed by atoms with van der Waals surface area (Å²) < 4.78 is 96.6. The predicted molar refractivity (Wildman–Crippen MR) is 146 cm³/mol. The first-order valence-electron chi connectivity index (χ1n) is 13.1. The average Bonchev–Trinajstić information content (AvgIpc) is 3.18. The zero-order valence-corrected chi connectivity index (χ0v) is 25.0. The van der Waals surface area contributed by atoms with Gasteiger partial charge in [0.1, 0.15) is 15.6 Å². The van der Waals surface area contributed by atoms with Gasteiger partial charge < -0.3 is 20.9 Å². The SMILES string of the molecule is CCn1nc(C(=O)NCC2(O)CCC(S(C)(=O)=O)CC2N)c(Cl)c1-c1ccc(CC(C)(C)C(F)(F)F)cc1OC(F)F. The molecule has 4 N–H and O–H groups in total. The van der Waals surface area contributed by atoms with Gasteiger partial charge in [0.25, 0.3) is 5.91 Å². The number of nitrogens with one attached hydrogen (secondary N) is 1. The summed E-state index contributed by atoms with van der Waals surface area (Å²) in [7, 11) is -3.37. The number of amides is 1. The number of nitrogens with two attached hydrogens (primary N) is 1. The first kappa shape index (κ1) is 34.0. The van der Waals surface area contributed by atoms with E-state index in [-0.39, 0.29) is 59.9 Å². The topological polar surface area (TPSA) is 137 Å². The van der Waals surface area contributed by atoms with Crippen molar-refractivity contribution in [1.29, 1.82) is 0 Å². The Morgan fingerprint density at radius 3 is 2.50 bits per heavy atom. The zero-order valence-electron chi connectivity index (χ0n) is 23.4. The molecule has 1 fully saturated rings. The summed E-state index contributed by atoms with van der Waals surface area (Å²) in [6, 6.07) is 2.73. The van der Waals surface area contributed by atoms with Gasteiger partial charge in [-0.1, -0.05) is 31.5 Å². The van der Waals surface area contributed by atoms with Gasteiger partial charge in [0.15, 0.2) is 5.69 Å². The molecule has 1 saturated carbocycles. The van der Waals surface area contributed by atoms with Crippen LogP contribution in [0, 0.1) is 5.41 Å². The molecule has 1 aromatic carbocycles. The molecular weight excluding hydrogens is 611 g/mol. The molecule has 42 heavy (non-hydrogen) atoms. The molecule has 236 valence electrons. The molecular formula is C26H34ClF5N4O5S. The van der Waals surface area contributed by atoms with E-state index in [2.05, 4.69) is 15.2 Å². The minimum Gasteiger partial charge on any atom is -0.434 e. The van der Waals surface area contributed by atoms with Crippen LogP contribution in [0.3, 0.4) is 0 Å². The second-order valence-corrected chi connectivity index (χ2v) is 13.9. The van der Waals surface area contributed by atoms with Crippen LogP contribution < -0.4 is 15.8 Å². The van der Waals surface area contributed by atoms with E-state index in [9.17, 15) is 40.3 Å². The fraction of sp³-hybridized carbons (Fsp3) is 0.615. The third-order valence-electron chi connectivity index (χ3n) is 7.61. The lowest BCUT2D eigenvalue weighted by Gasteiger charge is -2.40. The standard InChI is InChI=1S/C26H34ClF5N4O5S/c1-5-36-21(16-7-6-14(10-17(16)41-23(28)29)12-24(2,3)26(30,31)32)19(27)20(35-36)22(37)34-13-25(38)9-8-15(11-18(25)33)42(4,39)40/h6-7,10,15,18,23,38H,5,8-9,11-13,33H2,1-4H3,(H,34,37). The quantitative estimate of drug-likeness (QED) is 0.327. The maximum absolute atomic E-state index is 13.4. The van der Waals surface area contributed by atoms with Crippen molar-refractivity contribution in [1.82, 2.24) is 15.1 Å². The number of nitrogens with zero attached hydrogens (tertiary/aromatic N) is 2. The number of hydrogen-bond acceptors (Lipinski definition) is 7. The molecule has 0 aliphatic heterocycles. The molecule has 0 saturated heterocycles. The highest BCUT2D eigenvalue weighted by atomic mass is 35.5. The van der Waals surface area contributed by atoms with Crippen LogP contribution in [-0.4, -0.2) is 71.7 Å². The van der Waals surface area contributed by atoms with Gasteiger partial charge in [-0.15, -0.1) is 0 Å². The highest BCUT2D eigenvalue weighted by Gasteiger charge is 2.47. The Morgan fingerprint density at radius 1 is 1.33 bits per heavy atom. The Balaban J connectivity index is 1.91. The summed E-state index contributed by atoms with van der Waals surface area (Å²) in [4.78, 5) is 13.1. The number of sulfone groups is 1. The van der Waals surface area contributed by atoms with Crippen LogP contribution in [0.15, 0.2) is 18.2 Å². The Morgan fingerprint density at radius 2 is 1.98 bits per heavy atom. The molecule has 0 radical (unpaired) electrons. The van der Waals surface area contributed by atoms with E-state index in [0.717, 1.165) is 26.2 Å². The number of hydrogen-bond donors (Lipinski definition) is 3. The van der Waals surface area contributed by atoms with E-state index < -0.39 is 63.0 Å². The molecule has 1 aromatic heterocycles. The second-order valence-electron chi connectivity index (χ2n) is 11.2. The van der Waals surface area contributed by atoms with Gasteiger partial charge in [0.2, 0.25) is 0 Å². The molecule has 9 nitrogen and oxygen atoms in total. The molecule has 1 aliphatic rings. The fourth-order valence-corrected chi connectivity index (χ4v) is 6.32. The molecule has 16 heteroatoms. The van der Waals surface area contributed by atoms with Crippen molar-refractivity contribution in [2.45, 2.75) is 82.7 Å². The number of aromatic nitrogens is 2. The van der Waals surface area contributed by atoms with E-state index in [1.54, 1.807) is 6.92 Å². The maximum atomic E-state index is 13.4. The lowest BCUT2D eigenvalue weighted by molar-refractivity contribution is -0.211. The van der Waals surface area contributed by atoms with Crippen molar-refractivity contribution < 1.29 is 45.0 Å². The van der Waals surface area contributed by atoms with Gasteiger partial charge >= 0.3 is 12.8 Å². The van der Waals surface area contributed by atoms with E-state index in [1.165, 1.54) is 16.8 Å². The summed E-state index contributed by atoms with van der Waals surface area (Å²) in [6.45, 7) is 0.104. The third kappa shape index (κ3) is 7.34. The fourth-order valence-electron chi connectivity index (χ4n) is 4.89. The minimum atomic E-state index is -4.55. The van der Waals surface area contributed by atoms with Crippen molar-refractivity contribution in [2.75, 3.05) is 12.8 Å². The van der Waals surface area contributed by atoms with E-state index in [1.807, 2.05) is 0 Å². The first-order valence-corrected chi connectivity index (χ1v) is 15.4. The average molecular weight is 645 g/mol.